The number of hydrogen-bond donors (Lipinski definition) is 2. The molecular weight excluding hydrogens is 274 g/mol. The molecule has 0 saturated carbocycles. The lowest BCUT2D eigenvalue weighted by molar-refractivity contribution is 0.428. The van der Waals surface area contributed by atoms with Crippen molar-refractivity contribution in [3.63, 3.8) is 0 Å². The average Bonchev–Trinajstić information content (AvgIpc) is 2.30. The van der Waals surface area contributed by atoms with Gasteiger partial charge in [0, 0.05) is 18.8 Å². The topological polar surface area (TPSA) is 71.1 Å². The predicted octanol–water partition coefficient (Wildman–Crippen LogP) is 0.675. The van der Waals surface area contributed by atoms with Crippen molar-refractivity contribution in [3.05, 3.63) is 30.1 Å². The summed E-state index contributed by atoms with van der Waals surface area (Å²) >= 11 is 0. The van der Waals surface area contributed by atoms with Gasteiger partial charge in [0.25, 0.3) is 0 Å². The molecule has 1 unspecified atom stereocenters. The lowest BCUT2D eigenvalue weighted by Crippen LogP contribution is -2.45. The summed E-state index contributed by atoms with van der Waals surface area (Å²) in [5.74, 6) is -0.0513. The van der Waals surface area contributed by atoms with Gasteiger partial charge in [0.1, 0.15) is 5.75 Å². The zero-order chi connectivity index (χ0) is 12.1. The molecule has 2 rings (SSSR count). The van der Waals surface area contributed by atoms with Gasteiger partial charge in [0.2, 0.25) is 10.0 Å². The average molecular weight is 292 g/mol. The Kier molecular flexibility index (Phi) is 6.01. The van der Waals surface area contributed by atoms with Crippen LogP contribution in [0.25, 0.3) is 0 Å². The summed E-state index contributed by atoms with van der Waals surface area (Å²) in [6.07, 6.45) is 3.51. The molecule has 0 aliphatic carbocycles. The molecule has 0 aromatic carbocycles. The molecule has 0 bridgehead atoms. The van der Waals surface area contributed by atoms with E-state index in [0.717, 1.165) is 19.4 Å². The number of rotatable bonds is 4. The Bertz CT molecular complexity index is 447. The lowest BCUT2D eigenvalue weighted by Gasteiger charge is -2.23. The second-order valence-corrected chi connectivity index (χ2v) is 6.00. The van der Waals surface area contributed by atoms with Crippen molar-refractivity contribution in [1.29, 1.82) is 0 Å². The van der Waals surface area contributed by atoms with E-state index in [9.17, 15) is 8.42 Å². The fourth-order valence-corrected chi connectivity index (χ4v) is 3.28. The second kappa shape index (κ2) is 7.04. The number of aromatic nitrogens is 1. The number of hydrogen-bond acceptors (Lipinski definition) is 4. The van der Waals surface area contributed by atoms with Crippen LogP contribution >= 0.6 is 12.4 Å². The van der Waals surface area contributed by atoms with Gasteiger partial charge in [-0.2, -0.15) is 0 Å². The fraction of sp³-hybridized carbons (Fsp3) is 0.545. The molecule has 2 heterocycles. The number of nitrogens with zero attached hydrogens (tertiary/aromatic N) is 1. The third-order valence-electron chi connectivity index (χ3n) is 2.71. The SMILES string of the molecule is Cl.O=S(=O)(Cc1ccccn1)NC1CCCNC1. The molecule has 102 valence electrons. The van der Waals surface area contributed by atoms with Crippen LogP contribution in [0, 0.1) is 0 Å². The van der Waals surface area contributed by atoms with Crippen LogP contribution in [-0.4, -0.2) is 32.5 Å². The van der Waals surface area contributed by atoms with Crippen molar-refractivity contribution in [1.82, 2.24) is 15.0 Å². The molecule has 0 amide bonds. The Balaban J connectivity index is 0.00000162. The van der Waals surface area contributed by atoms with Crippen LogP contribution in [0.15, 0.2) is 24.4 Å². The van der Waals surface area contributed by atoms with Crippen LogP contribution in [0.4, 0.5) is 0 Å². The second-order valence-electron chi connectivity index (χ2n) is 4.24. The summed E-state index contributed by atoms with van der Waals surface area (Å²) < 4.78 is 26.5. The van der Waals surface area contributed by atoms with Crippen molar-refractivity contribution in [2.75, 3.05) is 13.1 Å². The van der Waals surface area contributed by atoms with Gasteiger partial charge in [-0.25, -0.2) is 13.1 Å². The Morgan fingerprint density at radius 1 is 1.44 bits per heavy atom. The van der Waals surface area contributed by atoms with Gasteiger partial charge in [0.05, 0.1) is 5.69 Å². The van der Waals surface area contributed by atoms with Gasteiger partial charge >= 0.3 is 0 Å². The van der Waals surface area contributed by atoms with Gasteiger partial charge in [-0.05, 0) is 31.5 Å². The molecule has 0 radical (unpaired) electrons. The molecule has 7 heteroatoms. The quantitative estimate of drug-likeness (QED) is 0.856. The number of sulfonamides is 1. The summed E-state index contributed by atoms with van der Waals surface area (Å²) in [6, 6.07) is 5.30. The molecule has 0 spiro atoms. The van der Waals surface area contributed by atoms with Gasteiger partial charge < -0.3 is 5.32 Å². The molecule has 1 atom stereocenters. The van der Waals surface area contributed by atoms with E-state index in [2.05, 4.69) is 15.0 Å². The first-order valence-electron chi connectivity index (χ1n) is 5.76. The van der Waals surface area contributed by atoms with Gasteiger partial charge in [-0.15, -0.1) is 12.4 Å². The van der Waals surface area contributed by atoms with E-state index in [0.29, 0.717) is 12.2 Å². The van der Waals surface area contributed by atoms with Crippen molar-refractivity contribution in [2.45, 2.75) is 24.6 Å². The van der Waals surface area contributed by atoms with E-state index in [-0.39, 0.29) is 24.2 Å². The molecule has 1 saturated heterocycles. The number of piperidine rings is 1. The molecule has 2 N–H and O–H groups in total. The maximum Gasteiger partial charge on any atom is 0.217 e. The Hall–Kier alpha value is -0.690. The molecule has 1 aliphatic heterocycles. The van der Waals surface area contributed by atoms with Crippen LogP contribution in [0.5, 0.6) is 0 Å². The van der Waals surface area contributed by atoms with Crippen molar-refractivity contribution in [2.24, 2.45) is 0 Å². The van der Waals surface area contributed by atoms with E-state index >= 15 is 0 Å². The fourth-order valence-electron chi connectivity index (χ4n) is 1.93. The maximum absolute atomic E-state index is 11.9. The standard InChI is InChI=1S/C11H17N3O2S.ClH/c15-17(16,9-11-4-1-2-7-13-11)14-10-5-3-6-12-8-10;/h1-2,4,7,10,12,14H,3,5-6,8-9H2;1H. The zero-order valence-corrected chi connectivity index (χ0v) is 11.6. The van der Waals surface area contributed by atoms with Crippen LogP contribution in [-0.2, 0) is 15.8 Å². The molecule has 1 aromatic heterocycles. The monoisotopic (exact) mass is 291 g/mol. The van der Waals surface area contributed by atoms with Gasteiger partial charge in [-0.3, -0.25) is 4.98 Å². The normalized spacial score (nSPS) is 20.1. The van der Waals surface area contributed by atoms with Crippen molar-refractivity contribution in [3.8, 4) is 0 Å². The van der Waals surface area contributed by atoms with Crippen LogP contribution in [0.1, 0.15) is 18.5 Å². The van der Waals surface area contributed by atoms with E-state index < -0.39 is 10.0 Å². The van der Waals surface area contributed by atoms with Crippen LogP contribution in [0.2, 0.25) is 0 Å². The smallest absolute Gasteiger partial charge is 0.217 e. The summed E-state index contributed by atoms with van der Waals surface area (Å²) in [7, 11) is -3.29. The molecule has 5 nitrogen and oxygen atoms in total. The Morgan fingerprint density at radius 3 is 2.89 bits per heavy atom. The first kappa shape index (κ1) is 15.4. The third kappa shape index (κ3) is 4.89. The Labute approximate surface area is 114 Å². The minimum absolute atomic E-state index is 0. The predicted molar refractivity (Wildman–Crippen MR) is 73.1 cm³/mol. The zero-order valence-electron chi connectivity index (χ0n) is 10.0. The highest BCUT2D eigenvalue weighted by atomic mass is 35.5. The molecule has 1 aromatic rings. The lowest BCUT2D eigenvalue weighted by atomic mass is 10.1. The Morgan fingerprint density at radius 2 is 2.28 bits per heavy atom. The third-order valence-corrected chi connectivity index (χ3v) is 4.08. The van der Waals surface area contributed by atoms with Gasteiger partial charge in [-0.1, -0.05) is 6.07 Å². The van der Waals surface area contributed by atoms with Crippen LogP contribution < -0.4 is 10.0 Å². The summed E-state index contributed by atoms with van der Waals surface area (Å²) in [5.41, 5.74) is 0.573. The summed E-state index contributed by atoms with van der Waals surface area (Å²) in [6.45, 7) is 1.68. The first-order chi connectivity index (χ1) is 8.16. The molecule has 1 aliphatic rings. The van der Waals surface area contributed by atoms with E-state index in [1.807, 2.05) is 0 Å². The first-order valence-corrected chi connectivity index (χ1v) is 7.41. The minimum Gasteiger partial charge on any atom is -0.315 e. The molecular formula is C11H18ClN3O2S. The molecule has 18 heavy (non-hydrogen) atoms. The molecule has 1 fully saturated rings. The van der Waals surface area contributed by atoms with Crippen molar-refractivity contribution >= 4 is 22.4 Å². The minimum atomic E-state index is -3.29. The summed E-state index contributed by atoms with van der Waals surface area (Å²) in [5, 5.41) is 3.18. The highest BCUT2D eigenvalue weighted by Crippen LogP contribution is 2.06. The van der Waals surface area contributed by atoms with Crippen molar-refractivity contribution < 1.29 is 8.42 Å². The van der Waals surface area contributed by atoms with E-state index in [4.69, 9.17) is 0 Å². The largest absolute Gasteiger partial charge is 0.315 e. The highest BCUT2D eigenvalue weighted by Gasteiger charge is 2.20. The number of pyridine rings is 1. The highest BCUT2D eigenvalue weighted by molar-refractivity contribution is 7.88. The number of nitrogens with one attached hydrogen (secondary N) is 2. The van der Waals surface area contributed by atoms with Gasteiger partial charge in [0.15, 0.2) is 0 Å². The van der Waals surface area contributed by atoms with Crippen LogP contribution in [0.3, 0.4) is 0 Å². The summed E-state index contributed by atoms with van der Waals surface area (Å²) in [4.78, 5) is 4.02. The number of halogens is 1. The maximum atomic E-state index is 11.9. The van der Waals surface area contributed by atoms with E-state index in [1.165, 1.54) is 0 Å². The van der Waals surface area contributed by atoms with E-state index in [1.54, 1.807) is 24.4 Å².